The topological polar surface area (TPSA) is 61.4 Å². The molecule has 31 heavy (non-hydrogen) atoms. The third-order valence-corrected chi connectivity index (χ3v) is 5.19. The van der Waals surface area contributed by atoms with Gasteiger partial charge in [0.05, 0.1) is 0 Å². The Labute approximate surface area is 191 Å². The summed E-state index contributed by atoms with van der Waals surface area (Å²) < 4.78 is 0. The maximum Gasteiger partial charge on any atom is 0.257 e. The molecule has 0 radical (unpaired) electrons. The van der Waals surface area contributed by atoms with Crippen LogP contribution < -0.4 is 10.6 Å². The van der Waals surface area contributed by atoms with Crippen LogP contribution in [-0.2, 0) is 11.2 Å². The molecule has 166 valence electrons. The summed E-state index contributed by atoms with van der Waals surface area (Å²) in [6, 6.07) is 15.1. The van der Waals surface area contributed by atoms with Crippen LogP contribution in [0.2, 0.25) is 0 Å². The fraction of sp³-hybridized carbons (Fsp3) is 0.400. The van der Waals surface area contributed by atoms with Crippen LogP contribution in [0, 0.1) is 0 Å². The summed E-state index contributed by atoms with van der Waals surface area (Å²) in [6.07, 6.45) is 3.01. The highest BCUT2D eigenvalue weighted by Gasteiger charge is 2.09. The summed E-state index contributed by atoms with van der Waals surface area (Å²) in [5, 5.41) is 5.95. The van der Waals surface area contributed by atoms with Crippen molar-refractivity contribution in [3.8, 4) is 0 Å². The quantitative estimate of drug-likeness (QED) is 0.412. The molecule has 1 amide bonds. The van der Waals surface area contributed by atoms with Crippen LogP contribution in [0.25, 0.3) is 0 Å². The number of carbonyl (C=O) groups excluding carboxylic acids is 2. The Morgan fingerprint density at radius 3 is 2.19 bits per heavy atom. The van der Waals surface area contributed by atoms with E-state index in [0.717, 1.165) is 30.6 Å². The Bertz CT molecular complexity index is 875. The number of Topliss-reactive ketones (excluding diaryl/α,β-unsaturated/α-hetero) is 1. The molecule has 0 unspecified atom stereocenters. The normalized spacial score (nSPS) is 10.9. The van der Waals surface area contributed by atoms with Crippen molar-refractivity contribution in [2.45, 2.75) is 45.4 Å². The van der Waals surface area contributed by atoms with Gasteiger partial charge in [-0.25, -0.2) is 0 Å². The molecular formula is C25H33N3O2S. The van der Waals surface area contributed by atoms with Gasteiger partial charge in [-0.15, -0.1) is 0 Å². The van der Waals surface area contributed by atoms with Crippen LogP contribution in [-0.4, -0.2) is 42.3 Å². The highest BCUT2D eigenvalue weighted by atomic mass is 32.1. The van der Waals surface area contributed by atoms with Gasteiger partial charge < -0.3 is 10.2 Å². The molecule has 0 saturated heterocycles. The smallest absolute Gasteiger partial charge is 0.257 e. The molecule has 0 aromatic heterocycles. The fourth-order valence-corrected chi connectivity index (χ4v) is 3.34. The first-order valence-electron chi connectivity index (χ1n) is 10.7. The van der Waals surface area contributed by atoms with Crippen LogP contribution in [0.3, 0.4) is 0 Å². The van der Waals surface area contributed by atoms with Gasteiger partial charge in [-0.2, -0.15) is 0 Å². The van der Waals surface area contributed by atoms with Crippen molar-refractivity contribution in [1.29, 1.82) is 0 Å². The number of amides is 1. The van der Waals surface area contributed by atoms with Crippen LogP contribution in [0.1, 0.15) is 60.5 Å². The molecular weight excluding hydrogens is 406 g/mol. The van der Waals surface area contributed by atoms with E-state index in [-0.39, 0.29) is 16.8 Å². The van der Waals surface area contributed by atoms with Crippen molar-refractivity contribution in [2.24, 2.45) is 0 Å². The van der Waals surface area contributed by atoms with Crippen molar-refractivity contribution in [3.63, 3.8) is 0 Å². The zero-order chi connectivity index (χ0) is 22.8. The van der Waals surface area contributed by atoms with Crippen molar-refractivity contribution in [1.82, 2.24) is 10.2 Å². The highest BCUT2D eigenvalue weighted by molar-refractivity contribution is 7.80. The molecule has 0 atom stereocenters. The van der Waals surface area contributed by atoms with Crippen LogP contribution in [0.15, 0.2) is 48.5 Å². The standard InChI is InChI=1S/C25H33N3O2S/c1-18(2)20-10-12-21(13-11-20)24(30)27-25(31)26-22-14-8-19(9-15-22)17-23(29)7-5-6-16-28(3)4/h8-15,18H,5-7,16-17H2,1-4H3,(H2,26,27,30,31). The largest absolute Gasteiger partial charge is 0.332 e. The van der Waals surface area contributed by atoms with E-state index < -0.39 is 0 Å². The molecule has 0 fully saturated rings. The molecule has 2 N–H and O–H groups in total. The Morgan fingerprint density at radius 2 is 1.61 bits per heavy atom. The molecule has 6 heteroatoms. The second-order valence-corrected chi connectivity index (χ2v) is 8.77. The predicted molar refractivity (Wildman–Crippen MR) is 132 cm³/mol. The van der Waals surface area contributed by atoms with E-state index in [1.165, 1.54) is 5.56 Å². The first-order valence-corrected chi connectivity index (χ1v) is 11.1. The molecule has 2 rings (SSSR count). The molecule has 2 aromatic carbocycles. The first-order chi connectivity index (χ1) is 14.7. The number of nitrogens with one attached hydrogen (secondary N) is 2. The van der Waals surface area contributed by atoms with Crippen molar-refractivity contribution in [3.05, 3.63) is 65.2 Å². The van der Waals surface area contributed by atoms with Gasteiger partial charge in [0, 0.05) is 24.1 Å². The van der Waals surface area contributed by atoms with Crippen molar-refractivity contribution in [2.75, 3.05) is 26.0 Å². The zero-order valence-corrected chi connectivity index (χ0v) is 19.7. The van der Waals surface area contributed by atoms with Gasteiger partial charge in [0.1, 0.15) is 5.78 Å². The summed E-state index contributed by atoms with van der Waals surface area (Å²) in [5.41, 5.74) is 3.49. The van der Waals surface area contributed by atoms with E-state index in [9.17, 15) is 9.59 Å². The monoisotopic (exact) mass is 439 g/mol. The lowest BCUT2D eigenvalue weighted by atomic mass is 10.0. The maximum absolute atomic E-state index is 12.4. The number of hydrogen-bond donors (Lipinski definition) is 2. The minimum atomic E-state index is -0.246. The van der Waals surface area contributed by atoms with E-state index in [0.29, 0.717) is 24.3 Å². The van der Waals surface area contributed by atoms with E-state index in [1.54, 1.807) is 12.1 Å². The van der Waals surface area contributed by atoms with Gasteiger partial charge in [0.15, 0.2) is 5.11 Å². The van der Waals surface area contributed by atoms with Gasteiger partial charge in [-0.05, 0) is 87.0 Å². The van der Waals surface area contributed by atoms with Crippen LogP contribution in [0.4, 0.5) is 5.69 Å². The lowest BCUT2D eigenvalue weighted by Gasteiger charge is -2.11. The Balaban J connectivity index is 1.79. The van der Waals surface area contributed by atoms with E-state index in [1.807, 2.05) is 50.5 Å². The molecule has 0 aliphatic heterocycles. The summed E-state index contributed by atoms with van der Waals surface area (Å²) in [6.45, 7) is 5.23. The lowest BCUT2D eigenvalue weighted by Crippen LogP contribution is -2.34. The number of anilines is 1. The number of thiocarbonyl (C=S) groups is 1. The molecule has 0 spiro atoms. The average Bonchev–Trinajstić information content (AvgIpc) is 2.72. The van der Waals surface area contributed by atoms with Crippen molar-refractivity contribution >= 4 is 34.7 Å². The zero-order valence-electron chi connectivity index (χ0n) is 18.9. The number of nitrogens with zero attached hydrogens (tertiary/aromatic N) is 1. The summed E-state index contributed by atoms with van der Waals surface area (Å²) >= 11 is 5.26. The van der Waals surface area contributed by atoms with Gasteiger partial charge >= 0.3 is 0 Å². The number of hydrogen-bond acceptors (Lipinski definition) is 4. The van der Waals surface area contributed by atoms with E-state index >= 15 is 0 Å². The van der Waals surface area contributed by atoms with Gasteiger partial charge in [0.25, 0.3) is 5.91 Å². The van der Waals surface area contributed by atoms with E-state index in [2.05, 4.69) is 29.4 Å². The third kappa shape index (κ3) is 8.99. The van der Waals surface area contributed by atoms with Crippen LogP contribution >= 0.6 is 12.2 Å². The minimum absolute atomic E-state index is 0.239. The molecule has 2 aromatic rings. The Morgan fingerprint density at radius 1 is 0.968 bits per heavy atom. The average molecular weight is 440 g/mol. The second kappa shape index (κ2) is 12.3. The third-order valence-electron chi connectivity index (χ3n) is 4.99. The summed E-state index contributed by atoms with van der Waals surface area (Å²) in [4.78, 5) is 26.6. The molecule has 0 aliphatic rings. The summed E-state index contributed by atoms with van der Waals surface area (Å²) in [7, 11) is 4.08. The number of benzene rings is 2. The predicted octanol–water partition coefficient (Wildman–Crippen LogP) is 4.78. The number of rotatable bonds is 10. The van der Waals surface area contributed by atoms with E-state index in [4.69, 9.17) is 12.2 Å². The minimum Gasteiger partial charge on any atom is -0.332 e. The van der Waals surface area contributed by atoms with Gasteiger partial charge in [-0.3, -0.25) is 14.9 Å². The second-order valence-electron chi connectivity index (χ2n) is 8.36. The van der Waals surface area contributed by atoms with Crippen molar-refractivity contribution < 1.29 is 9.59 Å². The van der Waals surface area contributed by atoms with Gasteiger partial charge in [0.2, 0.25) is 0 Å². The number of unbranched alkanes of at least 4 members (excludes halogenated alkanes) is 1. The lowest BCUT2D eigenvalue weighted by molar-refractivity contribution is -0.118. The molecule has 0 aliphatic carbocycles. The number of ketones is 1. The molecule has 0 heterocycles. The van der Waals surface area contributed by atoms with Crippen LogP contribution in [0.5, 0.6) is 0 Å². The molecule has 0 bridgehead atoms. The number of carbonyl (C=O) groups is 2. The van der Waals surface area contributed by atoms with Gasteiger partial charge in [-0.1, -0.05) is 38.1 Å². The highest BCUT2D eigenvalue weighted by Crippen LogP contribution is 2.15. The first kappa shape index (κ1) is 24.7. The SMILES string of the molecule is CC(C)c1ccc(C(=O)NC(=S)Nc2ccc(CC(=O)CCCCN(C)C)cc2)cc1. The fourth-order valence-electron chi connectivity index (χ4n) is 3.13. The Kier molecular flexibility index (Phi) is 9.82. The maximum atomic E-state index is 12.4. The Hall–Kier alpha value is -2.57. The molecule has 0 saturated carbocycles. The molecule has 5 nitrogen and oxygen atoms in total. The summed E-state index contributed by atoms with van der Waals surface area (Å²) in [5.74, 6) is 0.427.